The van der Waals surface area contributed by atoms with Crippen LogP contribution in [0.3, 0.4) is 0 Å². The third-order valence-electron chi connectivity index (χ3n) is 5.03. The topological polar surface area (TPSA) is 79.4 Å². The van der Waals surface area contributed by atoms with Crippen LogP contribution in [0.5, 0.6) is 5.75 Å². The molecule has 1 amide bonds. The van der Waals surface area contributed by atoms with Crippen LogP contribution in [0.25, 0.3) is 11.3 Å². The summed E-state index contributed by atoms with van der Waals surface area (Å²) in [5.41, 5.74) is 2.24. The number of rotatable bonds is 9. The number of para-hydroxylation sites is 1. The van der Waals surface area contributed by atoms with Crippen LogP contribution in [-0.2, 0) is 11.2 Å². The number of aryl methyl sites for hydroxylation is 1. The maximum Gasteiger partial charge on any atom is 0.263 e. The van der Waals surface area contributed by atoms with Crippen LogP contribution < -0.4 is 4.74 Å². The molecule has 3 aromatic rings. The number of nitrogens with zero attached hydrogens (tertiary/aromatic N) is 3. The highest BCUT2D eigenvalue weighted by atomic mass is 16.5. The summed E-state index contributed by atoms with van der Waals surface area (Å²) in [4.78, 5) is 14.7. The van der Waals surface area contributed by atoms with Gasteiger partial charge in [0.15, 0.2) is 6.10 Å². The van der Waals surface area contributed by atoms with E-state index in [2.05, 4.69) is 11.2 Å². The fraction of sp³-hybridized carbons (Fsp3) is 0.320. The molecule has 31 heavy (non-hydrogen) atoms. The Morgan fingerprint density at radius 3 is 2.58 bits per heavy atom. The Bertz CT molecular complexity index is 1040. The van der Waals surface area contributed by atoms with Gasteiger partial charge >= 0.3 is 0 Å². The average molecular weight is 418 g/mol. The lowest BCUT2D eigenvalue weighted by atomic mass is 10.1. The monoisotopic (exact) mass is 417 g/mol. The SMILES string of the molecule is CC(C)C(Oc1ccccc1C#N)C(=O)N(C)CCCc1cc(-c2ccccc2)no1. The Morgan fingerprint density at radius 2 is 1.87 bits per heavy atom. The summed E-state index contributed by atoms with van der Waals surface area (Å²) in [5.74, 6) is 1.08. The second-order valence-electron chi connectivity index (χ2n) is 7.80. The van der Waals surface area contributed by atoms with Crippen LogP contribution in [0.2, 0.25) is 0 Å². The maximum atomic E-state index is 13.0. The molecule has 6 nitrogen and oxygen atoms in total. The second kappa shape index (κ2) is 10.4. The summed E-state index contributed by atoms with van der Waals surface area (Å²) in [6, 6.07) is 20.9. The first-order chi connectivity index (χ1) is 15.0. The number of aromatic nitrogens is 1. The van der Waals surface area contributed by atoms with Gasteiger partial charge in [-0.25, -0.2) is 0 Å². The van der Waals surface area contributed by atoms with Gasteiger partial charge < -0.3 is 14.2 Å². The van der Waals surface area contributed by atoms with E-state index in [4.69, 9.17) is 9.26 Å². The van der Waals surface area contributed by atoms with Crippen molar-refractivity contribution in [2.24, 2.45) is 5.92 Å². The van der Waals surface area contributed by atoms with E-state index in [1.165, 1.54) is 0 Å². The van der Waals surface area contributed by atoms with Gasteiger partial charge in [0.25, 0.3) is 5.91 Å². The zero-order valence-electron chi connectivity index (χ0n) is 18.1. The largest absolute Gasteiger partial charge is 0.479 e. The molecular formula is C25H27N3O3. The van der Waals surface area contributed by atoms with Crippen molar-refractivity contribution < 1.29 is 14.1 Å². The molecule has 2 aromatic carbocycles. The summed E-state index contributed by atoms with van der Waals surface area (Å²) < 4.78 is 11.4. The van der Waals surface area contributed by atoms with Gasteiger partial charge in [-0.15, -0.1) is 0 Å². The summed E-state index contributed by atoms with van der Waals surface area (Å²) in [5, 5.41) is 13.4. The molecule has 1 aromatic heterocycles. The predicted molar refractivity (Wildman–Crippen MR) is 118 cm³/mol. The zero-order chi connectivity index (χ0) is 22.2. The van der Waals surface area contributed by atoms with E-state index in [-0.39, 0.29) is 11.8 Å². The van der Waals surface area contributed by atoms with Crippen molar-refractivity contribution in [2.45, 2.75) is 32.8 Å². The number of carbonyl (C=O) groups is 1. The normalized spacial score (nSPS) is 11.7. The average Bonchev–Trinajstić information content (AvgIpc) is 3.26. The molecule has 160 valence electrons. The van der Waals surface area contributed by atoms with Gasteiger partial charge in [0.2, 0.25) is 0 Å². The number of nitriles is 1. The molecule has 0 fully saturated rings. The highest BCUT2D eigenvalue weighted by Crippen LogP contribution is 2.22. The van der Waals surface area contributed by atoms with Crippen molar-refractivity contribution >= 4 is 5.91 Å². The quantitative estimate of drug-likeness (QED) is 0.504. The molecule has 0 aliphatic carbocycles. The lowest BCUT2D eigenvalue weighted by Gasteiger charge is -2.27. The van der Waals surface area contributed by atoms with Gasteiger partial charge in [-0.2, -0.15) is 5.26 Å². The van der Waals surface area contributed by atoms with Crippen LogP contribution in [0.4, 0.5) is 0 Å². The highest BCUT2D eigenvalue weighted by molar-refractivity contribution is 5.81. The van der Waals surface area contributed by atoms with Gasteiger partial charge in [-0.1, -0.05) is 61.5 Å². The van der Waals surface area contributed by atoms with Crippen molar-refractivity contribution in [1.82, 2.24) is 10.1 Å². The van der Waals surface area contributed by atoms with Crippen LogP contribution in [0.1, 0.15) is 31.6 Å². The molecule has 0 spiro atoms. The standard InChI is InChI=1S/C25H27N3O3/c1-18(2)24(30-23-14-8-7-12-20(23)17-26)25(29)28(3)15-9-13-21-16-22(27-31-21)19-10-5-4-6-11-19/h4-8,10-12,14,16,18,24H,9,13,15H2,1-3H3. The molecule has 0 aliphatic heterocycles. The summed E-state index contributed by atoms with van der Waals surface area (Å²) >= 11 is 0. The number of benzene rings is 2. The molecule has 0 saturated heterocycles. The third-order valence-corrected chi connectivity index (χ3v) is 5.03. The smallest absolute Gasteiger partial charge is 0.263 e. The van der Waals surface area contributed by atoms with Crippen molar-refractivity contribution in [1.29, 1.82) is 5.26 Å². The van der Waals surface area contributed by atoms with Crippen molar-refractivity contribution in [3.8, 4) is 23.1 Å². The fourth-order valence-corrected chi connectivity index (χ4v) is 3.26. The van der Waals surface area contributed by atoms with Crippen LogP contribution >= 0.6 is 0 Å². The minimum atomic E-state index is -0.658. The van der Waals surface area contributed by atoms with Crippen LogP contribution in [-0.4, -0.2) is 35.7 Å². The summed E-state index contributed by atoms with van der Waals surface area (Å²) in [6.07, 6.45) is 0.766. The van der Waals surface area contributed by atoms with E-state index in [0.717, 1.165) is 23.4 Å². The molecule has 0 N–H and O–H groups in total. The molecule has 6 heteroatoms. The van der Waals surface area contributed by atoms with Crippen molar-refractivity contribution in [3.05, 3.63) is 72.0 Å². The number of ether oxygens (including phenoxy) is 1. The number of likely N-dealkylation sites (N-methyl/N-ethyl adjacent to an activating group) is 1. The number of hydrogen-bond donors (Lipinski definition) is 0. The molecule has 3 rings (SSSR count). The first kappa shape index (κ1) is 22.1. The Labute approximate surface area is 183 Å². The van der Waals surface area contributed by atoms with Crippen LogP contribution in [0.15, 0.2) is 65.2 Å². The number of amides is 1. The molecule has 1 unspecified atom stereocenters. The Balaban J connectivity index is 1.56. The van der Waals surface area contributed by atoms with Gasteiger partial charge in [-0.05, 0) is 24.5 Å². The van der Waals surface area contributed by atoms with Crippen LogP contribution in [0, 0.1) is 17.2 Å². The van der Waals surface area contributed by atoms with E-state index in [1.54, 1.807) is 36.2 Å². The Hall–Kier alpha value is -3.59. The summed E-state index contributed by atoms with van der Waals surface area (Å²) in [6.45, 7) is 4.43. The number of carbonyl (C=O) groups excluding carboxylic acids is 1. The lowest BCUT2D eigenvalue weighted by molar-refractivity contribution is -0.139. The van der Waals surface area contributed by atoms with E-state index in [9.17, 15) is 10.1 Å². The van der Waals surface area contributed by atoms with Gasteiger partial charge in [0, 0.05) is 31.6 Å². The fourth-order valence-electron chi connectivity index (χ4n) is 3.26. The lowest BCUT2D eigenvalue weighted by Crippen LogP contribution is -2.43. The predicted octanol–water partition coefficient (Wildman–Crippen LogP) is 4.71. The van der Waals surface area contributed by atoms with E-state index >= 15 is 0 Å². The van der Waals surface area contributed by atoms with E-state index < -0.39 is 6.10 Å². The molecular weight excluding hydrogens is 390 g/mol. The minimum Gasteiger partial charge on any atom is -0.479 e. The summed E-state index contributed by atoms with van der Waals surface area (Å²) in [7, 11) is 1.77. The maximum absolute atomic E-state index is 13.0. The van der Waals surface area contributed by atoms with E-state index in [0.29, 0.717) is 24.3 Å². The zero-order valence-corrected chi connectivity index (χ0v) is 18.1. The van der Waals surface area contributed by atoms with Gasteiger partial charge in [-0.3, -0.25) is 4.79 Å². The Kier molecular flexibility index (Phi) is 7.45. The molecule has 1 heterocycles. The van der Waals surface area contributed by atoms with Gasteiger partial charge in [0.05, 0.1) is 5.56 Å². The van der Waals surface area contributed by atoms with Crippen molar-refractivity contribution in [2.75, 3.05) is 13.6 Å². The number of hydrogen-bond acceptors (Lipinski definition) is 5. The second-order valence-corrected chi connectivity index (χ2v) is 7.80. The molecule has 0 aliphatic rings. The van der Waals surface area contributed by atoms with Crippen molar-refractivity contribution in [3.63, 3.8) is 0 Å². The Morgan fingerprint density at radius 1 is 1.16 bits per heavy atom. The molecule has 0 saturated carbocycles. The highest BCUT2D eigenvalue weighted by Gasteiger charge is 2.28. The first-order valence-corrected chi connectivity index (χ1v) is 10.4. The van der Waals surface area contributed by atoms with Gasteiger partial charge in [0.1, 0.15) is 23.3 Å². The molecule has 0 radical (unpaired) electrons. The minimum absolute atomic E-state index is 0.0376. The molecule has 0 bridgehead atoms. The first-order valence-electron chi connectivity index (χ1n) is 10.4. The molecule has 1 atom stereocenters. The third kappa shape index (κ3) is 5.73. The van der Waals surface area contributed by atoms with E-state index in [1.807, 2.05) is 50.2 Å².